The number of aromatic nitrogens is 5. The van der Waals surface area contributed by atoms with E-state index in [0.717, 1.165) is 73.1 Å². The van der Waals surface area contributed by atoms with Crippen molar-refractivity contribution in [3.63, 3.8) is 0 Å². The van der Waals surface area contributed by atoms with E-state index < -0.39 is 0 Å². The largest absolute Gasteiger partial charge is 0.495 e. The molecular weight excluding hydrogens is 703 g/mol. The number of nitrogens with two attached hydrogens (primary N) is 1. The predicted molar refractivity (Wildman–Crippen MR) is 219 cm³/mol. The van der Waals surface area contributed by atoms with Crippen molar-refractivity contribution < 1.29 is 14.3 Å². The van der Waals surface area contributed by atoms with Gasteiger partial charge in [-0.1, -0.05) is 31.2 Å². The molecule has 12 nitrogen and oxygen atoms in total. The SMILES string of the molecule is COc1cc(-c2nn(C3CCN(CCNC(=O)C(C)CCC45CC6CC(CC(C6)C4)C5)CC3)c3ncnc(N)c23)ccc1NC(=O)c1cc2ccccc2n1C. The van der Waals surface area contributed by atoms with Gasteiger partial charge in [0.25, 0.3) is 5.91 Å². The molecule has 294 valence electrons. The van der Waals surface area contributed by atoms with Gasteiger partial charge in [0.1, 0.15) is 29.3 Å². The van der Waals surface area contributed by atoms with Crippen LogP contribution in [0.15, 0.2) is 54.9 Å². The molecule has 0 radical (unpaired) electrons. The van der Waals surface area contributed by atoms with Crippen molar-refractivity contribution in [2.24, 2.45) is 36.1 Å². The summed E-state index contributed by atoms with van der Waals surface area (Å²) in [5.41, 5.74) is 11.3. The molecule has 56 heavy (non-hydrogen) atoms. The molecule has 4 bridgehead atoms. The number of anilines is 2. The molecule has 3 aromatic heterocycles. The van der Waals surface area contributed by atoms with Crippen LogP contribution in [0, 0.1) is 29.1 Å². The number of nitrogens with one attached hydrogen (secondary N) is 2. The number of carbonyl (C=O) groups is 2. The van der Waals surface area contributed by atoms with Crippen LogP contribution in [0.1, 0.15) is 87.7 Å². The Balaban J connectivity index is 0.819. The third kappa shape index (κ3) is 6.90. The molecular formula is C44H55N9O3. The first-order valence-corrected chi connectivity index (χ1v) is 20.7. The summed E-state index contributed by atoms with van der Waals surface area (Å²) in [6, 6.07) is 15.6. The Labute approximate surface area is 328 Å². The van der Waals surface area contributed by atoms with Gasteiger partial charge in [0, 0.05) is 55.6 Å². The fraction of sp³-hybridized carbons (Fsp3) is 0.523. The van der Waals surface area contributed by atoms with Crippen LogP contribution in [0.3, 0.4) is 0 Å². The second kappa shape index (κ2) is 14.8. The van der Waals surface area contributed by atoms with Gasteiger partial charge in [-0.25, -0.2) is 14.6 Å². The van der Waals surface area contributed by atoms with Crippen molar-refractivity contribution in [1.29, 1.82) is 0 Å². The van der Waals surface area contributed by atoms with Crippen molar-refractivity contribution in [2.75, 3.05) is 44.3 Å². The summed E-state index contributed by atoms with van der Waals surface area (Å²) in [5.74, 6) is 3.79. The number of carbonyl (C=O) groups excluding carboxylic acids is 2. The van der Waals surface area contributed by atoms with Crippen LogP contribution in [-0.2, 0) is 11.8 Å². The minimum absolute atomic E-state index is 0.0652. The number of piperidine rings is 1. The Morgan fingerprint density at radius 3 is 2.45 bits per heavy atom. The average molecular weight is 758 g/mol. The van der Waals surface area contributed by atoms with E-state index in [0.29, 0.717) is 51.6 Å². The lowest BCUT2D eigenvalue weighted by atomic mass is 9.48. The topological polar surface area (TPSA) is 145 Å². The Morgan fingerprint density at radius 2 is 1.73 bits per heavy atom. The van der Waals surface area contributed by atoms with Crippen LogP contribution in [0.5, 0.6) is 5.75 Å². The highest BCUT2D eigenvalue weighted by Crippen LogP contribution is 2.61. The minimum Gasteiger partial charge on any atom is -0.495 e. The van der Waals surface area contributed by atoms with E-state index in [1.807, 2.05) is 64.8 Å². The molecule has 4 saturated carbocycles. The Hall–Kier alpha value is -4.97. The van der Waals surface area contributed by atoms with E-state index >= 15 is 0 Å². The highest BCUT2D eigenvalue weighted by Gasteiger charge is 2.50. The first kappa shape index (κ1) is 36.7. The van der Waals surface area contributed by atoms with Gasteiger partial charge in [-0.15, -0.1) is 0 Å². The van der Waals surface area contributed by atoms with Crippen LogP contribution in [0.4, 0.5) is 11.5 Å². The molecule has 10 rings (SSSR count). The van der Waals surface area contributed by atoms with E-state index in [4.69, 9.17) is 15.6 Å². The molecule has 5 fully saturated rings. The Kier molecular flexibility index (Phi) is 9.71. The van der Waals surface area contributed by atoms with Gasteiger partial charge in [0.15, 0.2) is 5.65 Å². The Bertz CT molecular complexity index is 2230. The number of amides is 2. The number of ether oxygens (including phenoxy) is 1. The number of para-hydroxylation sites is 1. The van der Waals surface area contributed by atoms with E-state index in [-0.39, 0.29) is 23.8 Å². The van der Waals surface area contributed by atoms with Gasteiger partial charge < -0.3 is 30.6 Å². The average Bonchev–Trinajstić information content (AvgIpc) is 3.76. The molecule has 5 aliphatic rings. The second-order valence-corrected chi connectivity index (χ2v) is 17.5. The smallest absolute Gasteiger partial charge is 0.272 e. The summed E-state index contributed by atoms with van der Waals surface area (Å²) < 4.78 is 9.67. The van der Waals surface area contributed by atoms with E-state index in [1.54, 1.807) is 7.11 Å². The van der Waals surface area contributed by atoms with Gasteiger partial charge in [0.05, 0.1) is 24.2 Å². The lowest BCUT2D eigenvalue weighted by Gasteiger charge is -2.57. The van der Waals surface area contributed by atoms with Crippen LogP contribution in [0.25, 0.3) is 33.2 Å². The van der Waals surface area contributed by atoms with Crippen molar-refractivity contribution >= 4 is 45.3 Å². The summed E-state index contributed by atoms with van der Waals surface area (Å²) in [7, 11) is 3.47. The lowest BCUT2D eigenvalue weighted by molar-refractivity contribution is -0.125. The summed E-state index contributed by atoms with van der Waals surface area (Å²) in [6.45, 7) is 5.43. The molecule has 1 aliphatic heterocycles. The highest BCUT2D eigenvalue weighted by molar-refractivity contribution is 6.07. The molecule has 1 atom stereocenters. The molecule has 4 heterocycles. The number of nitrogen functional groups attached to an aromatic ring is 1. The third-order valence-electron chi connectivity index (χ3n) is 13.8. The van der Waals surface area contributed by atoms with Crippen LogP contribution >= 0.6 is 0 Å². The number of hydrogen-bond acceptors (Lipinski definition) is 8. The number of methoxy groups -OCH3 is 1. The molecule has 1 saturated heterocycles. The van der Waals surface area contributed by atoms with Gasteiger partial charge in [-0.05, 0) is 112 Å². The zero-order valence-corrected chi connectivity index (χ0v) is 33.0. The fourth-order valence-corrected chi connectivity index (χ4v) is 11.2. The first-order valence-electron chi connectivity index (χ1n) is 20.7. The van der Waals surface area contributed by atoms with E-state index in [1.165, 1.54) is 51.3 Å². The first-order chi connectivity index (χ1) is 27.2. The highest BCUT2D eigenvalue weighted by atomic mass is 16.5. The number of rotatable bonds is 12. The normalized spacial score (nSPS) is 24.2. The van der Waals surface area contributed by atoms with Crippen molar-refractivity contribution in [2.45, 2.75) is 77.2 Å². The van der Waals surface area contributed by atoms with Crippen LogP contribution in [0.2, 0.25) is 0 Å². The minimum atomic E-state index is -0.229. The number of hydrogen-bond donors (Lipinski definition) is 3. The maximum atomic E-state index is 13.4. The van der Waals surface area contributed by atoms with Gasteiger partial charge in [-0.2, -0.15) is 5.10 Å². The van der Waals surface area contributed by atoms with Crippen molar-refractivity contribution in [3.05, 3.63) is 60.6 Å². The second-order valence-electron chi connectivity index (χ2n) is 17.5. The molecule has 4 N–H and O–H groups in total. The van der Waals surface area contributed by atoms with Crippen LogP contribution in [-0.4, -0.2) is 74.3 Å². The quantitative estimate of drug-likeness (QED) is 0.121. The summed E-state index contributed by atoms with van der Waals surface area (Å²) in [4.78, 5) is 37.9. The molecule has 0 spiro atoms. The number of benzene rings is 2. The Morgan fingerprint density at radius 1 is 1.00 bits per heavy atom. The number of fused-ring (bicyclic) bond motifs is 2. The summed E-state index contributed by atoms with van der Waals surface area (Å²) in [5, 5.41) is 13.1. The van der Waals surface area contributed by atoms with Gasteiger partial charge >= 0.3 is 0 Å². The molecule has 2 amide bonds. The predicted octanol–water partition coefficient (Wildman–Crippen LogP) is 7.21. The monoisotopic (exact) mass is 757 g/mol. The van der Waals surface area contributed by atoms with Gasteiger partial charge in [-0.3, -0.25) is 9.59 Å². The molecule has 5 aromatic rings. The summed E-state index contributed by atoms with van der Waals surface area (Å²) >= 11 is 0. The van der Waals surface area contributed by atoms with E-state index in [2.05, 4.69) is 32.4 Å². The molecule has 12 heteroatoms. The van der Waals surface area contributed by atoms with Crippen molar-refractivity contribution in [1.82, 2.24) is 34.5 Å². The lowest BCUT2D eigenvalue weighted by Crippen LogP contribution is -2.46. The van der Waals surface area contributed by atoms with E-state index in [9.17, 15) is 9.59 Å². The zero-order chi connectivity index (χ0) is 38.6. The fourth-order valence-electron chi connectivity index (χ4n) is 11.2. The maximum absolute atomic E-state index is 13.4. The van der Waals surface area contributed by atoms with Crippen LogP contribution < -0.4 is 21.1 Å². The summed E-state index contributed by atoms with van der Waals surface area (Å²) in [6.07, 6.45) is 14.2. The number of nitrogens with zero attached hydrogens (tertiary/aromatic N) is 6. The third-order valence-corrected chi connectivity index (χ3v) is 13.8. The number of likely N-dealkylation sites (tertiary alicyclic amines) is 1. The van der Waals surface area contributed by atoms with Crippen molar-refractivity contribution in [3.8, 4) is 17.0 Å². The standard InChI is InChI=1S/C44H55N9O3/c1-27(10-13-44-23-28-18-29(24-44)20-30(19-28)25-44)42(54)46-14-17-52-15-11-33(12-16-52)53-41-38(40(45)47-26-48-41)39(50-53)32-8-9-34(37(22-32)56-3)49-43(55)36-21-31-6-4-5-7-35(31)51(36)2/h4-9,21-22,26-30,33H,10-20,23-25H2,1-3H3,(H,46,54)(H,49,55)(H2,45,47,48). The molecule has 2 aromatic carbocycles. The maximum Gasteiger partial charge on any atom is 0.272 e. The zero-order valence-electron chi connectivity index (χ0n) is 33.0. The molecule has 4 aliphatic carbocycles. The number of aryl methyl sites for hydroxylation is 1. The van der Waals surface area contributed by atoms with Gasteiger partial charge in [0.2, 0.25) is 5.91 Å². The molecule has 1 unspecified atom stereocenters.